The lowest BCUT2D eigenvalue weighted by molar-refractivity contribution is 0.418. The summed E-state index contributed by atoms with van der Waals surface area (Å²) < 4.78 is 5.37. The third-order valence-corrected chi connectivity index (χ3v) is 2.91. The van der Waals surface area contributed by atoms with E-state index in [0.29, 0.717) is 0 Å². The minimum Gasteiger partial charge on any atom is -0.494 e. The lowest BCUT2D eigenvalue weighted by atomic mass is 10.1. The molecule has 0 saturated heterocycles. The number of nitrogens with zero attached hydrogens (tertiary/aromatic N) is 1. The van der Waals surface area contributed by atoms with Crippen LogP contribution in [0.2, 0.25) is 0 Å². The van der Waals surface area contributed by atoms with E-state index in [2.05, 4.69) is 22.1 Å². The van der Waals surface area contributed by atoms with Gasteiger partial charge in [-0.25, -0.2) is 0 Å². The van der Waals surface area contributed by atoms with Gasteiger partial charge in [-0.2, -0.15) is 0 Å². The highest BCUT2D eigenvalue weighted by atomic mass is 16.5. The van der Waals surface area contributed by atoms with Crippen LogP contribution in [0.25, 0.3) is 21.8 Å². The van der Waals surface area contributed by atoms with E-state index in [-0.39, 0.29) is 0 Å². The highest BCUT2D eigenvalue weighted by Gasteiger charge is 2.11. The zero-order valence-corrected chi connectivity index (χ0v) is 9.24. The number of aromatic amines is 1. The molecular weight excluding hydrogens is 200 g/mol. The minimum absolute atomic E-state index is 0.818. The lowest BCUT2D eigenvalue weighted by Gasteiger charge is -2.02. The average Bonchev–Trinajstić information content (AvgIpc) is 2.70. The Kier molecular flexibility index (Phi) is 1.86. The highest BCUT2D eigenvalue weighted by Crippen LogP contribution is 2.33. The number of ether oxygens (including phenoxy) is 1. The number of pyridine rings is 1. The van der Waals surface area contributed by atoms with Gasteiger partial charge in [0.1, 0.15) is 5.75 Å². The van der Waals surface area contributed by atoms with Crippen molar-refractivity contribution in [2.45, 2.75) is 6.92 Å². The molecule has 0 aliphatic rings. The van der Waals surface area contributed by atoms with E-state index in [1.807, 2.05) is 19.1 Å². The zero-order chi connectivity index (χ0) is 11.1. The van der Waals surface area contributed by atoms with Gasteiger partial charge in [0, 0.05) is 10.9 Å². The molecule has 0 saturated carbocycles. The average molecular weight is 212 g/mol. The molecule has 3 nitrogen and oxygen atoms in total. The van der Waals surface area contributed by atoms with Gasteiger partial charge >= 0.3 is 0 Å². The van der Waals surface area contributed by atoms with Crippen molar-refractivity contribution in [2.24, 2.45) is 0 Å². The molecule has 16 heavy (non-hydrogen) atoms. The summed E-state index contributed by atoms with van der Waals surface area (Å²) in [6, 6.07) is 8.21. The van der Waals surface area contributed by atoms with Gasteiger partial charge in [-0.3, -0.25) is 4.98 Å². The predicted molar refractivity (Wildman–Crippen MR) is 64.9 cm³/mol. The summed E-state index contributed by atoms with van der Waals surface area (Å²) in [6.45, 7) is 2.00. The van der Waals surface area contributed by atoms with E-state index in [9.17, 15) is 0 Å². The van der Waals surface area contributed by atoms with E-state index in [1.165, 1.54) is 5.39 Å². The predicted octanol–water partition coefficient (Wildman–Crippen LogP) is 3.03. The van der Waals surface area contributed by atoms with Crippen molar-refractivity contribution in [1.29, 1.82) is 0 Å². The molecule has 80 valence electrons. The van der Waals surface area contributed by atoms with Gasteiger partial charge in [-0.05, 0) is 13.0 Å². The number of para-hydroxylation sites is 1. The number of aryl methyl sites for hydroxylation is 1. The summed E-state index contributed by atoms with van der Waals surface area (Å²) in [5.41, 5.74) is 3.17. The van der Waals surface area contributed by atoms with Gasteiger partial charge in [0.25, 0.3) is 0 Å². The Balaban J connectivity index is 2.59. The molecule has 3 aromatic rings. The van der Waals surface area contributed by atoms with Gasteiger partial charge in [0.05, 0.1) is 29.9 Å². The molecular formula is C13H12N2O. The second-order valence-electron chi connectivity index (χ2n) is 3.83. The fourth-order valence-electron chi connectivity index (χ4n) is 2.11. The van der Waals surface area contributed by atoms with Crippen LogP contribution in [0.3, 0.4) is 0 Å². The maximum absolute atomic E-state index is 5.37. The van der Waals surface area contributed by atoms with Crippen molar-refractivity contribution >= 4 is 21.8 Å². The SMILES string of the molecule is COc1cnc(C)c2[nH]c3ccccc3c12. The van der Waals surface area contributed by atoms with Crippen molar-refractivity contribution in [3.8, 4) is 5.75 Å². The zero-order valence-electron chi connectivity index (χ0n) is 9.24. The first kappa shape index (κ1) is 9.21. The summed E-state index contributed by atoms with van der Waals surface area (Å²) in [4.78, 5) is 7.70. The highest BCUT2D eigenvalue weighted by molar-refractivity contribution is 6.10. The molecule has 0 aliphatic carbocycles. The molecule has 0 radical (unpaired) electrons. The standard InChI is InChI=1S/C13H12N2O/c1-8-13-12(11(16-2)7-14-8)9-5-3-4-6-10(9)15-13/h3-7,15H,1-2H3. The Bertz CT molecular complexity index is 670. The first-order valence-electron chi connectivity index (χ1n) is 5.21. The van der Waals surface area contributed by atoms with E-state index < -0.39 is 0 Å². The van der Waals surface area contributed by atoms with E-state index in [4.69, 9.17) is 4.74 Å². The van der Waals surface area contributed by atoms with Gasteiger partial charge in [-0.1, -0.05) is 18.2 Å². The van der Waals surface area contributed by atoms with Crippen LogP contribution in [0.4, 0.5) is 0 Å². The summed E-state index contributed by atoms with van der Waals surface area (Å²) in [7, 11) is 1.67. The van der Waals surface area contributed by atoms with Crippen LogP contribution in [0.1, 0.15) is 5.69 Å². The first-order valence-corrected chi connectivity index (χ1v) is 5.21. The van der Waals surface area contributed by atoms with E-state index in [1.54, 1.807) is 13.3 Å². The largest absolute Gasteiger partial charge is 0.494 e. The van der Waals surface area contributed by atoms with Crippen LogP contribution in [0, 0.1) is 6.92 Å². The van der Waals surface area contributed by atoms with Crippen molar-refractivity contribution in [3.63, 3.8) is 0 Å². The van der Waals surface area contributed by atoms with Crippen molar-refractivity contribution in [3.05, 3.63) is 36.2 Å². The number of hydrogen-bond donors (Lipinski definition) is 1. The second-order valence-corrected chi connectivity index (χ2v) is 3.83. The van der Waals surface area contributed by atoms with Crippen molar-refractivity contribution in [1.82, 2.24) is 9.97 Å². The number of methoxy groups -OCH3 is 1. The number of hydrogen-bond acceptors (Lipinski definition) is 2. The fraction of sp³-hybridized carbons (Fsp3) is 0.154. The fourth-order valence-corrected chi connectivity index (χ4v) is 2.11. The van der Waals surface area contributed by atoms with Gasteiger partial charge in [0.2, 0.25) is 0 Å². The second kappa shape index (κ2) is 3.23. The quantitative estimate of drug-likeness (QED) is 0.673. The molecule has 0 bridgehead atoms. The Hall–Kier alpha value is -2.03. The lowest BCUT2D eigenvalue weighted by Crippen LogP contribution is -1.88. The number of H-pyrrole nitrogens is 1. The smallest absolute Gasteiger partial charge is 0.147 e. The molecule has 0 spiro atoms. The summed E-state index contributed by atoms with van der Waals surface area (Å²) in [6.07, 6.45) is 1.78. The van der Waals surface area contributed by atoms with Crippen LogP contribution in [-0.4, -0.2) is 17.1 Å². The number of fused-ring (bicyclic) bond motifs is 3. The minimum atomic E-state index is 0.818. The molecule has 0 fully saturated rings. The molecule has 0 unspecified atom stereocenters. The molecule has 1 N–H and O–H groups in total. The van der Waals surface area contributed by atoms with Crippen LogP contribution >= 0.6 is 0 Å². The molecule has 2 aromatic heterocycles. The molecule has 1 aromatic carbocycles. The van der Waals surface area contributed by atoms with Crippen LogP contribution < -0.4 is 4.74 Å². The number of rotatable bonds is 1. The molecule has 2 heterocycles. The van der Waals surface area contributed by atoms with Gasteiger partial charge < -0.3 is 9.72 Å². The molecule has 0 atom stereocenters. The summed E-state index contributed by atoms with van der Waals surface area (Å²) >= 11 is 0. The molecule has 3 rings (SSSR count). The Morgan fingerprint density at radius 1 is 1.25 bits per heavy atom. The first-order chi connectivity index (χ1) is 7.81. The Morgan fingerprint density at radius 2 is 2.06 bits per heavy atom. The van der Waals surface area contributed by atoms with Gasteiger partial charge in [0.15, 0.2) is 0 Å². The maximum atomic E-state index is 5.37. The molecule has 3 heteroatoms. The Morgan fingerprint density at radius 3 is 2.88 bits per heavy atom. The van der Waals surface area contributed by atoms with Crippen LogP contribution in [0.15, 0.2) is 30.5 Å². The van der Waals surface area contributed by atoms with Crippen molar-refractivity contribution in [2.75, 3.05) is 7.11 Å². The monoisotopic (exact) mass is 212 g/mol. The van der Waals surface area contributed by atoms with E-state index in [0.717, 1.165) is 27.9 Å². The number of aromatic nitrogens is 2. The summed E-state index contributed by atoms with van der Waals surface area (Å²) in [5, 5.41) is 2.30. The Labute approximate surface area is 93.1 Å². The van der Waals surface area contributed by atoms with Gasteiger partial charge in [-0.15, -0.1) is 0 Å². The molecule has 0 aliphatic heterocycles. The van der Waals surface area contributed by atoms with Crippen molar-refractivity contribution < 1.29 is 4.74 Å². The third kappa shape index (κ3) is 1.11. The maximum Gasteiger partial charge on any atom is 0.147 e. The van der Waals surface area contributed by atoms with Crippen LogP contribution in [-0.2, 0) is 0 Å². The third-order valence-electron chi connectivity index (χ3n) is 2.91. The van der Waals surface area contributed by atoms with Crippen LogP contribution in [0.5, 0.6) is 5.75 Å². The van der Waals surface area contributed by atoms with E-state index >= 15 is 0 Å². The molecule has 0 amide bonds. The number of benzene rings is 1. The topological polar surface area (TPSA) is 37.9 Å². The summed E-state index contributed by atoms with van der Waals surface area (Å²) in [5.74, 6) is 0.818. The number of nitrogens with one attached hydrogen (secondary N) is 1. The normalized spacial score (nSPS) is 11.1.